The lowest BCUT2D eigenvalue weighted by molar-refractivity contribution is -0.133. The fourth-order valence-corrected chi connectivity index (χ4v) is 3.82. The van der Waals surface area contributed by atoms with E-state index in [0.29, 0.717) is 11.8 Å². The first-order valence-electron chi connectivity index (χ1n) is 8.96. The van der Waals surface area contributed by atoms with E-state index in [2.05, 4.69) is 21.9 Å². The van der Waals surface area contributed by atoms with Crippen LogP contribution in [0.15, 0.2) is 24.3 Å². The Kier molecular flexibility index (Phi) is 5.74. The maximum atomic E-state index is 11.6. The van der Waals surface area contributed by atoms with Gasteiger partial charge in [0.2, 0.25) is 5.91 Å². The van der Waals surface area contributed by atoms with E-state index in [1.807, 2.05) is 24.1 Å². The summed E-state index contributed by atoms with van der Waals surface area (Å²) in [6.07, 6.45) is 1.76. The Hall–Kier alpha value is -1.59. The third kappa shape index (κ3) is 4.28. The number of carbonyl (C=O) groups excluding carboxylic acids is 1. The van der Waals surface area contributed by atoms with Crippen molar-refractivity contribution in [3.63, 3.8) is 0 Å². The Bertz CT molecular complexity index is 555. The van der Waals surface area contributed by atoms with Crippen LogP contribution in [0.4, 0.5) is 0 Å². The van der Waals surface area contributed by atoms with E-state index in [1.165, 1.54) is 5.56 Å². The number of rotatable bonds is 5. The van der Waals surface area contributed by atoms with E-state index in [-0.39, 0.29) is 0 Å². The Morgan fingerprint density at radius 2 is 1.83 bits per heavy atom. The van der Waals surface area contributed by atoms with Crippen molar-refractivity contribution in [2.75, 3.05) is 53.4 Å². The van der Waals surface area contributed by atoms with Crippen LogP contribution >= 0.6 is 0 Å². The Morgan fingerprint density at radius 1 is 1.12 bits per heavy atom. The second kappa shape index (κ2) is 7.99. The van der Waals surface area contributed by atoms with Crippen molar-refractivity contribution >= 4 is 5.91 Å². The van der Waals surface area contributed by atoms with Gasteiger partial charge < -0.3 is 14.5 Å². The maximum absolute atomic E-state index is 11.6. The highest BCUT2D eigenvalue weighted by Crippen LogP contribution is 2.21. The van der Waals surface area contributed by atoms with Crippen LogP contribution in [-0.4, -0.2) is 74.0 Å². The van der Waals surface area contributed by atoms with E-state index >= 15 is 0 Å². The largest absolute Gasteiger partial charge is 0.496 e. The van der Waals surface area contributed by atoms with E-state index in [0.717, 1.165) is 64.4 Å². The molecule has 2 fully saturated rings. The number of amides is 1. The molecular formula is C19H29N3O2. The van der Waals surface area contributed by atoms with Crippen molar-refractivity contribution < 1.29 is 9.53 Å². The minimum atomic E-state index is 0.299. The molecule has 2 saturated heterocycles. The number of hydrogen-bond acceptors (Lipinski definition) is 4. The first kappa shape index (κ1) is 17.2. The van der Waals surface area contributed by atoms with E-state index in [1.54, 1.807) is 7.11 Å². The van der Waals surface area contributed by atoms with Crippen LogP contribution in [-0.2, 0) is 11.3 Å². The molecule has 1 aromatic carbocycles. The van der Waals surface area contributed by atoms with Crippen molar-refractivity contribution in [2.45, 2.75) is 19.4 Å². The Labute approximate surface area is 145 Å². The second-order valence-corrected chi connectivity index (χ2v) is 7.07. The van der Waals surface area contributed by atoms with Gasteiger partial charge in [0.1, 0.15) is 5.75 Å². The minimum Gasteiger partial charge on any atom is -0.496 e. The zero-order valence-electron chi connectivity index (χ0n) is 14.9. The minimum absolute atomic E-state index is 0.299. The molecule has 0 N–H and O–H groups in total. The lowest BCUT2D eigenvalue weighted by atomic mass is 9.97. The van der Waals surface area contributed by atoms with Crippen LogP contribution in [0.5, 0.6) is 5.75 Å². The molecule has 2 heterocycles. The highest BCUT2D eigenvalue weighted by molar-refractivity contribution is 5.76. The van der Waals surface area contributed by atoms with Crippen molar-refractivity contribution in [1.29, 1.82) is 0 Å². The van der Waals surface area contributed by atoms with Gasteiger partial charge in [-0.1, -0.05) is 18.2 Å². The van der Waals surface area contributed by atoms with Crippen molar-refractivity contribution in [2.24, 2.45) is 5.92 Å². The smallest absolute Gasteiger partial charge is 0.222 e. The SMILES string of the molecule is COc1ccccc1CN1CCN(CC2CCC(=O)N(C)C2)CC1. The predicted molar refractivity (Wildman–Crippen MR) is 95.1 cm³/mol. The molecule has 1 atom stereocenters. The summed E-state index contributed by atoms with van der Waals surface area (Å²) in [7, 11) is 3.67. The molecule has 5 heteroatoms. The van der Waals surface area contributed by atoms with Gasteiger partial charge in [-0.2, -0.15) is 0 Å². The van der Waals surface area contributed by atoms with Crippen molar-refractivity contribution in [3.05, 3.63) is 29.8 Å². The molecule has 0 aromatic heterocycles. The molecule has 2 aliphatic rings. The molecule has 2 aliphatic heterocycles. The monoisotopic (exact) mass is 331 g/mol. The van der Waals surface area contributed by atoms with Crippen molar-refractivity contribution in [3.8, 4) is 5.75 Å². The van der Waals surface area contributed by atoms with Gasteiger partial charge in [0.05, 0.1) is 7.11 Å². The number of methoxy groups -OCH3 is 1. The second-order valence-electron chi connectivity index (χ2n) is 7.07. The summed E-state index contributed by atoms with van der Waals surface area (Å²) in [6.45, 7) is 7.42. The first-order valence-corrected chi connectivity index (χ1v) is 8.96. The number of likely N-dealkylation sites (tertiary alicyclic amines) is 1. The Balaban J connectivity index is 1.45. The van der Waals surface area contributed by atoms with Crippen LogP contribution in [0.1, 0.15) is 18.4 Å². The van der Waals surface area contributed by atoms with Gasteiger partial charge in [-0.3, -0.25) is 9.69 Å². The predicted octanol–water partition coefficient (Wildman–Crippen LogP) is 1.68. The zero-order chi connectivity index (χ0) is 16.9. The number of piperidine rings is 1. The summed E-state index contributed by atoms with van der Waals surface area (Å²) >= 11 is 0. The quantitative estimate of drug-likeness (QED) is 0.822. The lowest BCUT2D eigenvalue weighted by Crippen LogP contribution is -2.49. The summed E-state index contributed by atoms with van der Waals surface area (Å²) in [5, 5.41) is 0. The van der Waals surface area contributed by atoms with Gasteiger partial charge in [-0.15, -0.1) is 0 Å². The lowest BCUT2D eigenvalue weighted by Gasteiger charge is -2.38. The summed E-state index contributed by atoms with van der Waals surface area (Å²) < 4.78 is 5.46. The number of ether oxygens (including phenoxy) is 1. The Morgan fingerprint density at radius 3 is 2.54 bits per heavy atom. The number of benzene rings is 1. The summed E-state index contributed by atoms with van der Waals surface area (Å²) in [6, 6.07) is 8.29. The van der Waals surface area contributed by atoms with Gasteiger partial charge in [0, 0.05) is 64.8 Å². The fourth-order valence-electron chi connectivity index (χ4n) is 3.82. The molecule has 1 aromatic rings. The first-order chi connectivity index (χ1) is 11.7. The maximum Gasteiger partial charge on any atom is 0.222 e. The van der Waals surface area contributed by atoms with Gasteiger partial charge >= 0.3 is 0 Å². The molecule has 24 heavy (non-hydrogen) atoms. The number of hydrogen-bond donors (Lipinski definition) is 0. The van der Waals surface area contributed by atoms with Gasteiger partial charge in [-0.25, -0.2) is 0 Å². The van der Waals surface area contributed by atoms with Crippen LogP contribution in [0.2, 0.25) is 0 Å². The van der Waals surface area contributed by atoms with Crippen LogP contribution in [0.25, 0.3) is 0 Å². The summed E-state index contributed by atoms with van der Waals surface area (Å²) in [5.74, 6) is 1.91. The van der Waals surface area contributed by atoms with Gasteiger partial charge in [0.25, 0.3) is 0 Å². The van der Waals surface area contributed by atoms with E-state index in [9.17, 15) is 4.79 Å². The summed E-state index contributed by atoms with van der Waals surface area (Å²) in [4.78, 5) is 18.6. The molecule has 132 valence electrons. The third-order valence-corrected chi connectivity index (χ3v) is 5.29. The number of piperazine rings is 1. The van der Waals surface area contributed by atoms with Gasteiger partial charge in [0.15, 0.2) is 0 Å². The van der Waals surface area contributed by atoms with Crippen molar-refractivity contribution in [1.82, 2.24) is 14.7 Å². The molecule has 3 rings (SSSR count). The molecule has 1 amide bonds. The molecule has 0 saturated carbocycles. The molecule has 0 aliphatic carbocycles. The molecular weight excluding hydrogens is 302 g/mol. The molecule has 0 radical (unpaired) electrons. The topological polar surface area (TPSA) is 36.0 Å². The number of nitrogens with zero attached hydrogens (tertiary/aromatic N) is 3. The van der Waals surface area contributed by atoms with Crippen LogP contribution in [0, 0.1) is 5.92 Å². The third-order valence-electron chi connectivity index (χ3n) is 5.29. The number of carbonyl (C=O) groups is 1. The molecule has 0 bridgehead atoms. The van der Waals surface area contributed by atoms with Crippen LogP contribution in [0.3, 0.4) is 0 Å². The number of para-hydroxylation sites is 1. The highest BCUT2D eigenvalue weighted by Gasteiger charge is 2.26. The zero-order valence-corrected chi connectivity index (χ0v) is 14.9. The average molecular weight is 331 g/mol. The summed E-state index contributed by atoms with van der Waals surface area (Å²) in [5.41, 5.74) is 1.26. The van der Waals surface area contributed by atoms with Gasteiger partial charge in [-0.05, 0) is 18.4 Å². The normalized spacial score (nSPS) is 23.5. The van der Waals surface area contributed by atoms with Crippen LogP contribution < -0.4 is 4.74 Å². The molecule has 0 spiro atoms. The molecule has 1 unspecified atom stereocenters. The average Bonchev–Trinajstić information content (AvgIpc) is 2.60. The van der Waals surface area contributed by atoms with E-state index in [4.69, 9.17) is 4.74 Å². The standard InChI is InChI=1S/C19H29N3O2/c1-20-13-16(7-8-19(20)23)14-21-9-11-22(12-10-21)15-17-5-3-4-6-18(17)24-2/h3-6,16H,7-15H2,1-2H3. The molecule has 5 nitrogen and oxygen atoms in total. The fraction of sp³-hybridized carbons (Fsp3) is 0.632. The highest BCUT2D eigenvalue weighted by atomic mass is 16.5. The van der Waals surface area contributed by atoms with E-state index < -0.39 is 0 Å².